The van der Waals surface area contributed by atoms with Crippen LogP contribution in [0.3, 0.4) is 0 Å². The maximum Gasteiger partial charge on any atom is 0.242 e. The largest absolute Gasteiger partial charge is 0.508 e. The van der Waals surface area contributed by atoms with Crippen molar-refractivity contribution in [3.05, 3.63) is 29.8 Å². The minimum atomic E-state index is -0.192. The monoisotopic (exact) mass is 318 g/mol. The van der Waals surface area contributed by atoms with Gasteiger partial charge in [0.15, 0.2) is 0 Å². The molecule has 1 aromatic carbocycles. The predicted octanol–water partition coefficient (Wildman–Crippen LogP) is 1.99. The van der Waals surface area contributed by atoms with Crippen molar-refractivity contribution in [3.63, 3.8) is 0 Å². The molecule has 0 bridgehead atoms. The second-order valence-corrected chi connectivity index (χ2v) is 6.59. The molecule has 0 radical (unpaired) electrons. The third-order valence-electron chi connectivity index (χ3n) is 5.02. The van der Waals surface area contributed by atoms with Crippen molar-refractivity contribution in [1.29, 1.82) is 0 Å². The van der Waals surface area contributed by atoms with Gasteiger partial charge in [0.05, 0.1) is 13.2 Å². The van der Waals surface area contributed by atoms with Crippen LogP contribution in [0.1, 0.15) is 31.2 Å². The van der Waals surface area contributed by atoms with Gasteiger partial charge in [-0.15, -0.1) is 0 Å². The van der Waals surface area contributed by atoms with Crippen molar-refractivity contribution in [2.45, 2.75) is 44.3 Å². The van der Waals surface area contributed by atoms with Gasteiger partial charge in [-0.3, -0.25) is 9.69 Å². The van der Waals surface area contributed by atoms with Gasteiger partial charge >= 0.3 is 0 Å². The normalized spacial score (nSPS) is 23.1. The number of hydrogen-bond donors (Lipinski definition) is 1. The fraction of sp³-hybridized carbons (Fsp3) is 0.611. The molecular formula is C18H26N2O3. The van der Waals surface area contributed by atoms with Gasteiger partial charge in [-0.25, -0.2) is 0 Å². The fourth-order valence-electron chi connectivity index (χ4n) is 3.73. The molecule has 1 aliphatic heterocycles. The number of hydrogen-bond acceptors (Lipinski definition) is 4. The molecule has 23 heavy (non-hydrogen) atoms. The van der Waals surface area contributed by atoms with Crippen LogP contribution in [-0.2, 0) is 16.1 Å². The molecule has 5 nitrogen and oxygen atoms in total. The van der Waals surface area contributed by atoms with E-state index in [1.54, 1.807) is 24.1 Å². The Bertz CT molecular complexity index is 543. The molecule has 2 fully saturated rings. The van der Waals surface area contributed by atoms with E-state index in [0.29, 0.717) is 25.8 Å². The van der Waals surface area contributed by atoms with Crippen LogP contribution < -0.4 is 0 Å². The van der Waals surface area contributed by atoms with Gasteiger partial charge in [-0.1, -0.05) is 31.0 Å². The van der Waals surface area contributed by atoms with E-state index in [4.69, 9.17) is 4.74 Å². The number of rotatable bonds is 4. The lowest BCUT2D eigenvalue weighted by atomic mass is 10.1. The number of para-hydroxylation sites is 1. The number of carbonyl (C=O) groups is 1. The summed E-state index contributed by atoms with van der Waals surface area (Å²) in [5.41, 5.74) is 0.771. The third-order valence-corrected chi connectivity index (χ3v) is 5.02. The summed E-state index contributed by atoms with van der Waals surface area (Å²) in [5.74, 6) is 0.319. The Balaban J connectivity index is 1.68. The van der Waals surface area contributed by atoms with Gasteiger partial charge in [0.1, 0.15) is 11.8 Å². The van der Waals surface area contributed by atoms with Crippen molar-refractivity contribution >= 4 is 5.91 Å². The number of likely N-dealkylation sites (N-methyl/N-ethyl adjacent to an activating group) is 1. The van der Waals surface area contributed by atoms with E-state index < -0.39 is 0 Å². The lowest BCUT2D eigenvalue weighted by Gasteiger charge is -2.40. The number of phenolic OH excluding ortho intramolecular Hbond substituents is 1. The van der Waals surface area contributed by atoms with Crippen molar-refractivity contribution in [2.24, 2.45) is 0 Å². The number of morpholine rings is 1. The van der Waals surface area contributed by atoms with E-state index in [0.717, 1.165) is 12.1 Å². The SMILES string of the molecule is CN(Cc1ccccc1O)C(=O)[C@@H]1COCCN1C1CCCC1. The summed E-state index contributed by atoms with van der Waals surface area (Å²) in [4.78, 5) is 17.0. The summed E-state index contributed by atoms with van der Waals surface area (Å²) in [6.45, 7) is 2.44. The first-order chi connectivity index (χ1) is 11.2. The zero-order valence-electron chi connectivity index (χ0n) is 13.8. The number of phenols is 1. The van der Waals surface area contributed by atoms with E-state index in [1.807, 2.05) is 12.1 Å². The minimum Gasteiger partial charge on any atom is -0.508 e. The Morgan fingerprint density at radius 3 is 2.83 bits per heavy atom. The number of carbonyl (C=O) groups excluding carboxylic acids is 1. The summed E-state index contributed by atoms with van der Waals surface area (Å²) in [5, 5.41) is 9.90. The number of amides is 1. The van der Waals surface area contributed by atoms with Crippen LogP contribution in [0.15, 0.2) is 24.3 Å². The first-order valence-corrected chi connectivity index (χ1v) is 8.52. The van der Waals surface area contributed by atoms with E-state index in [-0.39, 0.29) is 17.7 Å². The average molecular weight is 318 g/mol. The summed E-state index contributed by atoms with van der Waals surface area (Å²) in [7, 11) is 1.80. The van der Waals surface area contributed by atoms with E-state index >= 15 is 0 Å². The highest BCUT2D eigenvalue weighted by Gasteiger charge is 2.36. The molecule has 126 valence electrons. The lowest BCUT2D eigenvalue weighted by molar-refractivity contribution is -0.144. The molecule has 1 aromatic rings. The Morgan fingerprint density at radius 2 is 2.09 bits per heavy atom. The molecule has 1 saturated carbocycles. The van der Waals surface area contributed by atoms with Crippen molar-refractivity contribution in [2.75, 3.05) is 26.8 Å². The molecule has 0 aromatic heterocycles. The highest BCUT2D eigenvalue weighted by atomic mass is 16.5. The van der Waals surface area contributed by atoms with Crippen LogP contribution in [0.4, 0.5) is 0 Å². The maximum absolute atomic E-state index is 12.9. The van der Waals surface area contributed by atoms with E-state index in [9.17, 15) is 9.90 Å². The summed E-state index contributed by atoms with van der Waals surface area (Å²) >= 11 is 0. The molecular weight excluding hydrogens is 292 g/mol. The van der Waals surface area contributed by atoms with Crippen LogP contribution in [0.2, 0.25) is 0 Å². The van der Waals surface area contributed by atoms with Crippen LogP contribution in [0.5, 0.6) is 5.75 Å². The molecule has 2 aliphatic rings. The number of aromatic hydroxyl groups is 1. The molecule has 1 amide bonds. The van der Waals surface area contributed by atoms with Crippen molar-refractivity contribution in [1.82, 2.24) is 9.80 Å². The van der Waals surface area contributed by atoms with Gasteiger partial charge in [-0.2, -0.15) is 0 Å². The van der Waals surface area contributed by atoms with Gasteiger partial charge in [0.2, 0.25) is 5.91 Å². The second kappa shape index (κ2) is 7.32. The van der Waals surface area contributed by atoms with Gasteiger partial charge in [-0.05, 0) is 18.9 Å². The van der Waals surface area contributed by atoms with Crippen LogP contribution >= 0.6 is 0 Å². The lowest BCUT2D eigenvalue weighted by Crippen LogP contribution is -2.56. The molecule has 1 N–H and O–H groups in total. The summed E-state index contributed by atoms with van der Waals surface area (Å²) in [6.07, 6.45) is 4.90. The maximum atomic E-state index is 12.9. The first kappa shape index (κ1) is 16.3. The van der Waals surface area contributed by atoms with Gasteiger partial charge < -0.3 is 14.7 Å². The zero-order valence-corrected chi connectivity index (χ0v) is 13.8. The summed E-state index contributed by atoms with van der Waals surface area (Å²) in [6, 6.07) is 7.50. The standard InChI is InChI=1S/C18H26N2O3/c1-19(12-14-6-2-5-9-17(14)21)18(22)16-13-23-11-10-20(16)15-7-3-4-8-15/h2,5-6,9,15-16,21H,3-4,7-8,10-13H2,1H3/t16-/m0/s1. The molecule has 3 rings (SSSR count). The number of nitrogens with zero attached hydrogens (tertiary/aromatic N) is 2. The Morgan fingerprint density at radius 1 is 1.35 bits per heavy atom. The first-order valence-electron chi connectivity index (χ1n) is 8.52. The Labute approximate surface area is 137 Å². The van der Waals surface area contributed by atoms with Crippen LogP contribution in [0.25, 0.3) is 0 Å². The number of ether oxygens (including phenoxy) is 1. The smallest absolute Gasteiger partial charge is 0.242 e. The van der Waals surface area contributed by atoms with Gasteiger partial charge in [0.25, 0.3) is 0 Å². The molecule has 1 atom stereocenters. The Hall–Kier alpha value is -1.59. The van der Waals surface area contributed by atoms with E-state index in [2.05, 4.69) is 4.90 Å². The molecule has 5 heteroatoms. The van der Waals surface area contributed by atoms with Crippen LogP contribution in [0, 0.1) is 0 Å². The highest BCUT2D eigenvalue weighted by Crippen LogP contribution is 2.27. The van der Waals surface area contributed by atoms with Gasteiger partial charge in [0, 0.05) is 31.7 Å². The topological polar surface area (TPSA) is 53.0 Å². The van der Waals surface area contributed by atoms with Crippen molar-refractivity contribution in [3.8, 4) is 5.75 Å². The van der Waals surface area contributed by atoms with Crippen LogP contribution in [-0.4, -0.2) is 59.7 Å². The quantitative estimate of drug-likeness (QED) is 0.922. The third kappa shape index (κ3) is 3.67. The van der Waals surface area contributed by atoms with Crippen molar-refractivity contribution < 1.29 is 14.6 Å². The highest BCUT2D eigenvalue weighted by molar-refractivity contribution is 5.82. The fourth-order valence-corrected chi connectivity index (χ4v) is 3.73. The molecule has 1 saturated heterocycles. The predicted molar refractivity (Wildman–Crippen MR) is 88.1 cm³/mol. The molecule has 0 unspecified atom stereocenters. The van der Waals surface area contributed by atoms with E-state index in [1.165, 1.54) is 25.7 Å². The minimum absolute atomic E-state index is 0.0832. The Kier molecular flexibility index (Phi) is 5.18. The summed E-state index contributed by atoms with van der Waals surface area (Å²) < 4.78 is 5.58. The second-order valence-electron chi connectivity index (χ2n) is 6.59. The molecule has 1 heterocycles. The average Bonchev–Trinajstić information content (AvgIpc) is 3.10. The molecule has 0 spiro atoms. The zero-order chi connectivity index (χ0) is 16.2. The molecule has 1 aliphatic carbocycles. The number of benzene rings is 1.